The predicted molar refractivity (Wildman–Crippen MR) is 91.1 cm³/mol. The number of benzene rings is 2. The number of amides is 1. The van der Waals surface area contributed by atoms with E-state index in [1.54, 1.807) is 36.4 Å². The van der Waals surface area contributed by atoms with Gasteiger partial charge in [0.05, 0.1) is 17.6 Å². The first-order valence-corrected chi connectivity index (χ1v) is 7.48. The van der Waals surface area contributed by atoms with Gasteiger partial charge in [-0.3, -0.25) is 4.79 Å². The van der Waals surface area contributed by atoms with Gasteiger partial charge in [-0.1, -0.05) is 6.07 Å². The fraction of sp³-hybridized carbons (Fsp3) is 0. The molecule has 0 aliphatic heterocycles. The van der Waals surface area contributed by atoms with Crippen molar-refractivity contribution in [2.45, 2.75) is 0 Å². The van der Waals surface area contributed by atoms with Gasteiger partial charge in [0, 0.05) is 5.56 Å². The lowest BCUT2D eigenvalue weighted by Crippen LogP contribution is -2.09. The molecule has 8 heteroatoms. The van der Waals surface area contributed by atoms with Crippen molar-refractivity contribution < 1.29 is 24.0 Å². The van der Waals surface area contributed by atoms with Crippen LogP contribution in [0.2, 0.25) is 0 Å². The van der Waals surface area contributed by atoms with E-state index in [1.807, 2.05) is 0 Å². The normalized spacial score (nSPS) is 10.6. The number of azo groups is 1. The molecular weight excluding hydrogens is 338 g/mol. The number of carbonyl (C=O) groups excluding carboxylic acids is 2. The fourth-order valence-electron chi connectivity index (χ4n) is 1.95. The minimum absolute atomic E-state index is 0.0226. The molecule has 0 atom stereocenters. The van der Waals surface area contributed by atoms with Crippen LogP contribution in [-0.4, -0.2) is 17.0 Å². The molecule has 130 valence electrons. The van der Waals surface area contributed by atoms with E-state index in [1.165, 1.54) is 30.5 Å². The quantitative estimate of drug-likeness (QED) is 0.528. The number of carbonyl (C=O) groups is 2. The number of nitrogens with one attached hydrogen (secondary N) is 1. The summed E-state index contributed by atoms with van der Waals surface area (Å²) in [6, 6.07) is 15.3. The summed E-state index contributed by atoms with van der Waals surface area (Å²) in [7, 11) is 0. The molecule has 0 saturated heterocycles. The van der Waals surface area contributed by atoms with Crippen molar-refractivity contribution in [2.24, 2.45) is 10.2 Å². The molecule has 0 fully saturated rings. The molecule has 2 N–H and O–H groups in total. The van der Waals surface area contributed by atoms with Crippen molar-refractivity contribution in [2.75, 3.05) is 5.48 Å². The Labute approximate surface area is 147 Å². The molecule has 0 bridgehead atoms. The molecule has 0 aliphatic carbocycles. The average Bonchev–Trinajstić information content (AvgIpc) is 3.20. The number of phenolic OH excluding ortho intramolecular Hbond substituents is 1. The van der Waals surface area contributed by atoms with Crippen molar-refractivity contribution in [1.82, 2.24) is 0 Å². The number of nitrogens with zero attached hydrogens (tertiary/aromatic N) is 2. The number of anilines is 1. The summed E-state index contributed by atoms with van der Waals surface area (Å²) >= 11 is 0. The highest BCUT2D eigenvalue weighted by Crippen LogP contribution is 2.18. The number of hydrogen-bond acceptors (Lipinski definition) is 7. The van der Waals surface area contributed by atoms with Crippen molar-refractivity contribution in [3.05, 3.63) is 78.3 Å². The summed E-state index contributed by atoms with van der Waals surface area (Å²) in [5.74, 6) is -1.18. The third-order valence-corrected chi connectivity index (χ3v) is 3.20. The average molecular weight is 351 g/mol. The van der Waals surface area contributed by atoms with E-state index < -0.39 is 11.9 Å². The summed E-state index contributed by atoms with van der Waals surface area (Å²) in [5.41, 5.74) is 3.65. The van der Waals surface area contributed by atoms with Crippen LogP contribution in [0.5, 0.6) is 5.75 Å². The summed E-state index contributed by atoms with van der Waals surface area (Å²) < 4.78 is 4.91. The molecule has 0 saturated carbocycles. The molecule has 3 aromatic rings. The highest BCUT2D eigenvalue weighted by Gasteiger charge is 2.10. The van der Waals surface area contributed by atoms with Crippen LogP contribution in [0.1, 0.15) is 20.9 Å². The maximum absolute atomic E-state index is 11.9. The van der Waals surface area contributed by atoms with Gasteiger partial charge in [0.1, 0.15) is 5.75 Å². The van der Waals surface area contributed by atoms with Gasteiger partial charge < -0.3 is 14.4 Å². The number of rotatable bonds is 5. The molecule has 0 spiro atoms. The van der Waals surface area contributed by atoms with Crippen LogP contribution >= 0.6 is 0 Å². The van der Waals surface area contributed by atoms with Crippen molar-refractivity contribution >= 4 is 23.3 Å². The Bertz CT molecular complexity index is 934. The molecule has 2 aromatic carbocycles. The van der Waals surface area contributed by atoms with Gasteiger partial charge in [0.25, 0.3) is 5.91 Å². The molecule has 1 heterocycles. The van der Waals surface area contributed by atoms with Crippen LogP contribution in [0.25, 0.3) is 0 Å². The van der Waals surface area contributed by atoms with E-state index in [-0.39, 0.29) is 17.1 Å². The van der Waals surface area contributed by atoms with Gasteiger partial charge in [-0.25, -0.2) is 10.3 Å². The van der Waals surface area contributed by atoms with Crippen molar-refractivity contribution in [3.8, 4) is 5.75 Å². The first-order valence-electron chi connectivity index (χ1n) is 7.48. The predicted octanol–water partition coefficient (Wildman–Crippen LogP) is 4.09. The zero-order valence-corrected chi connectivity index (χ0v) is 13.3. The highest BCUT2D eigenvalue weighted by molar-refractivity contribution is 5.95. The Morgan fingerprint density at radius 3 is 2.54 bits per heavy atom. The molecule has 0 radical (unpaired) electrons. The molecule has 1 amide bonds. The van der Waals surface area contributed by atoms with Crippen LogP contribution in [0.4, 0.5) is 11.4 Å². The zero-order valence-electron chi connectivity index (χ0n) is 13.3. The van der Waals surface area contributed by atoms with Crippen LogP contribution in [0.3, 0.4) is 0 Å². The van der Waals surface area contributed by atoms with Crippen molar-refractivity contribution in [1.29, 1.82) is 0 Å². The summed E-state index contributed by atoms with van der Waals surface area (Å²) in [6.07, 6.45) is 1.37. The number of hydrogen-bond donors (Lipinski definition) is 2. The van der Waals surface area contributed by atoms with Gasteiger partial charge >= 0.3 is 5.97 Å². The van der Waals surface area contributed by atoms with Gasteiger partial charge in [-0.2, -0.15) is 0 Å². The lowest BCUT2D eigenvalue weighted by molar-refractivity contribution is 0.0560. The first-order chi connectivity index (χ1) is 12.6. The van der Waals surface area contributed by atoms with E-state index >= 15 is 0 Å². The maximum atomic E-state index is 11.9. The molecule has 1 aromatic heterocycles. The lowest BCUT2D eigenvalue weighted by Gasteiger charge is -2.05. The van der Waals surface area contributed by atoms with E-state index in [0.717, 1.165) is 0 Å². The van der Waals surface area contributed by atoms with Crippen LogP contribution in [0.15, 0.2) is 81.6 Å². The summed E-state index contributed by atoms with van der Waals surface area (Å²) in [5, 5.41) is 16.8. The second kappa shape index (κ2) is 7.75. The topological polar surface area (TPSA) is 113 Å². The van der Waals surface area contributed by atoms with Crippen LogP contribution in [0, 0.1) is 0 Å². The monoisotopic (exact) mass is 351 g/mol. The minimum Gasteiger partial charge on any atom is -0.508 e. The SMILES string of the molecule is O=C(N=Nc1ccc(NOC(=O)c2ccco2)cc1)c1cccc(O)c1. The molecule has 8 nitrogen and oxygen atoms in total. The Kier molecular flexibility index (Phi) is 5.04. The molecular formula is C18H13N3O5. The van der Waals surface area contributed by atoms with E-state index in [2.05, 4.69) is 15.7 Å². The van der Waals surface area contributed by atoms with Gasteiger partial charge in [-0.15, -0.1) is 10.2 Å². The maximum Gasteiger partial charge on any atom is 0.398 e. The number of furan rings is 1. The van der Waals surface area contributed by atoms with E-state index in [9.17, 15) is 14.7 Å². The number of phenols is 1. The second-order valence-electron chi connectivity index (χ2n) is 5.07. The minimum atomic E-state index is -0.657. The van der Waals surface area contributed by atoms with Crippen molar-refractivity contribution in [3.63, 3.8) is 0 Å². The Balaban J connectivity index is 1.57. The summed E-state index contributed by atoms with van der Waals surface area (Å²) in [4.78, 5) is 28.4. The van der Waals surface area contributed by atoms with Gasteiger partial charge in [0.2, 0.25) is 5.76 Å². The van der Waals surface area contributed by atoms with Gasteiger partial charge in [0.15, 0.2) is 0 Å². The van der Waals surface area contributed by atoms with Gasteiger partial charge in [-0.05, 0) is 54.6 Å². The third kappa shape index (κ3) is 4.32. The molecule has 0 aliphatic rings. The van der Waals surface area contributed by atoms with E-state index in [0.29, 0.717) is 11.4 Å². The summed E-state index contributed by atoms with van der Waals surface area (Å²) in [6.45, 7) is 0. The highest BCUT2D eigenvalue weighted by atomic mass is 16.7. The zero-order chi connectivity index (χ0) is 18.4. The third-order valence-electron chi connectivity index (χ3n) is 3.20. The largest absolute Gasteiger partial charge is 0.508 e. The van der Waals surface area contributed by atoms with Crippen LogP contribution < -0.4 is 5.48 Å². The fourth-order valence-corrected chi connectivity index (χ4v) is 1.95. The Morgan fingerprint density at radius 1 is 1.04 bits per heavy atom. The first kappa shape index (κ1) is 16.9. The number of aromatic hydroxyl groups is 1. The van der Waals surface area contributed by atoms with E-state index in [4.69, 9.17) is 9.25 Å². The Hall–Kier alpha value is -3.94. The molecule has 26 heavy (non-hydrogen) atoms. The lowest BCUT2D eigenvalue weighted by atomic mass is 10.2. The smallest absolute Gasteiger partial charge is 0.398 e. The molecule has 3 rings (SSSR count). The second-order valence-corrected chi connectivity index (χ2v) is 5.07. The van der Waals surface area contributed by atoms with Crippen LogP contribution in [-0.2, 0) is 4.84 Å². The standard InChI is InChI=1S/C18H13N3O5/c22-15-4-1-3-12(11-15)17(23)20-19-13-6-8-14(9-7-13)21-26-18(24)16-5-2-10-25-16/h1-11,21-22H. The molecule has 0 unspecified atom stereocenters. The Morgan fingerprint density at radius 2 is 1.85 bits per heavy atom.